The molecule has 0 bridgehead atoms. The smallest absolute Gasteiger partial charge is 0.546 e. The zero-order valence-electron chi connectivity index (χ0n) is 15.8. The maximum Gasteiger partial charge on any atom is 0.734 e. The van der Waals surface area contributed by atoms with Crippen molar-refractivity contribution in [3.63, 3.8) is 0 Å². The van der Waals surface area contributed by atoms with Crippen LogP contribution in [0.2, 0.25) is 13.1 Å². The Morgan fingerprint density at radius 1 is 0.625 bits per heavy atom. The van der Waals surface area contributed by atoms with Gasteiger partial charge in [-0.2, -0.15) is 0 Å². The van der Waals surface area contributed by atoms with E-state index in [1.807, 2.05) is 33.9 Å². The molecule has 0 aliphatic rings. The lowest BCUT2D eigenvalue weighted by Gasteiger charge is -2.29. The third-order valence-electron chi connectivity index (χ3n) is 2.67. The van der Waals surface area contributed by atoms with Gasteiger partial charge in [0.05, 0.1) is 0 Å². The average Bonchev–Trinajstić information content (AvgIpc) is 2.48. The molecule has 0 radical (unpaired) electrons. The molecular weight excluding hydrogens is 384 g/mol. The summed E-state index contributed by atoms with van der Waals surface area (Å²) in [6.45, 7) is 15.0. The van der Waals surface area contributed by atoms with Gasteiger partial charge in [-0.05, 0) is 47.7 Å². The van der Waals surface area contributed by atoms with Gasteiger partial charge in [0.1, 0.15) is 0 Å². The molecular formula is C12H32O8Si4. The average molecular weight is 417 g/mol. The Labute approximate surface area is 150 Å². The van der Waals surface area contributed by atoms with E-state index in [2.05, 4.69) is 0 Å². The van der Waals surface area contributed by atoms with E-state index in [0.29, 0.717) is 33.0 Å². The van der Waals surface area contributed by atoms with Gasteiger partial charge in [-0.25, -0.2) is 0 Å². The van der Waals surface area contributed by atoms with Crippen LogP contribution in [-0.2, 0) is 30.4 Å². The molecule has 144 valence electrons. The highest BCUT2D eigenvalue weighted by Gasteiger charge is 2.48. The van der Waals surface area contributed by atoms with Gasteiger partial charge in [-0.3, -0.25) is 0 Å². The third kappa shape index (κ3) is 8.55. The minimum absolute atomic E-state index is 0.319. The van der Waals surface area contributed by atoms with Crippen molar-refractivity contribution in [2.45, 2.75) is 47.7 Å². The molecule has 0 aromatic carbocycles. The Morgan fingerprint density at radius 3 is 1.29 bits per heavy atom. The molecule has 1 N–H and O–H groups in total. The molecule has 12 heteroatoms. The van der Waals surface area contributed by atoms with Crippen LogP contribution in [0.25, 0.3) is 0 Å². The topological polar surface area (TPSA) is 84.8 Å². The van der Waals surface area contributed by atoms with E-state index in [1.165, 1.54) is 0 Å². The summed E-state index contributed by atoms with van der Waals surface area (Å²) in [7, 11) is -9.81. The normalized spacial score (nSPS) is 13.7. The van der Waals surface area contributed by atoms with E-state index in [0.717, 1.165) is 0 Å². The van der Waals surface area contributed by atoms with E-state index in [1.54, 1.807) is 13.8 Å². The number of hydrogen-bond donors (Lipinski definition) is 1. The lowest BCUT2D eigenvalue weighted by atomic mass is 10.9. The molecule has 0 aliphatic heterocycles. The standard InChI is InChI=1S/C12H32O8Si4/c1-8-14-23(13,15-9-2)19-21(6)22(7)20-24(16-10-3,17-11-4)18-12-5/h13H,8-12H2,1-7H3. The molecule has 0 saturated heterocycles. The first-order valence-electron chi connectivity index (χ1n) is 8.29. The van der Waals surface area contributed by atoms with Crippen molar-refractivity contribution < 1.29 is 35.2 Å². The lowest BCUT2D eigenvalue weighted by Crippen LogP contribution is -2.53. The van der Waals surface area contributed by atoms with Gasteiger partial charge in [-0.1, -0.05) is 0 Å². The van der Waals surface area contributed by atoms with Gasteiger partial charge in [0, 0.05) is 33.0 Å². The van der Waals surface area contributed by atoms with Crippen LogP contribution in [-0.4, -0.2) is 72.2 Å². The Bertz CT molecular complexity index is 359. The predicted molar refractivity (Wildman–Crippen MR) is 97.3 cm³/mol. The molecule has 0 unspecified atom stereocenters. The summed E-state index contributed by atoms with van der Waals surface area (Å²) in [4.78, 5) is 10.4. The second-order valence-corrected chi connectivity index (χ2v) is 16.1. The zero-order valence-corrected chi connectivity index (χ0v) is 19.8. The first-order chi connectivity index (χ1) is 11.3. The Kier molecular flexibility index (Phi) is 12.7. The van der Waals surface area contributed by atoms with Crippen LogP contribution >= 0.6 is 0 Å². The monoisotopic (exact) mass is 416 g/mol. The molecule has 0 spiro atoms. The molecule has 0 atom stereocenters. The molecule has 0 rings (SSSR count). The first-order valence-corrected chi connectivity index (χ1v) is 16.4. The van der Waals surface area contributed by atoms with Crippen LogP contribution in [0.15, 0.2) is 0 Å². The minimum atomic E-state index is -3.62. The van der Waals surface area contributed by atoms with Crippen molar-refractivity contribution in [3.05, 3.63) is 0 Å². The van der Waals surface area contributed by atoms with Crippen LogP contribution in [0.5, 0.6) is 0 Å². The van der Waals surface area contributed by atoms with Gasteiger partial charge >= 0.3 is 18.1 Å². The van der Waals surface area contributed by atoms with Crippen LogP contribution in [0.4, 0.5) is 0 Å². The highest BCUT2D eigenvalue weighted by Crippen LogP contribution is 2.13. The Balaban J connectivity index is 5.27. The maximum absolute atomic E-state index is 10.4. The third-order valence-corrected chi connectivity index (χ3v) is 16.2. The highest BCUT2D eigenvalue weighted by molar-refractivity contribution is 6.93. The van der Waals surface area contributed by atoms with E-state index >= 15 is 0 Å². The Hall–Kier alpha value is 0.228. The summed E-state index contributed by atoms with van der Waals surface area (Å²) in [5.41, 5.74) is 0. The van der Waals surface area contributed by atoms with E-state index in [-0.39, 0.29) is 0 Å². The highest BCUT2D eigenvalue weighted by atomic mass is 28.9. The zero-order chi connectivity index (χ0) is 18.6. The minimum Gasteiger partial charge on any atom is -0.546 e. The SMILES string of the molecule is CCO[Si](O)(OCC)O[Si](C)=[Si](C)O[Si](OCC)(OCC)OCC. The van der Waals surface area contributed by atoms with Gasteiger partial charge < -0.3 is 35.2 Å². The lowest BCUT2D eigenvalue weighted by molar-refractivity contribution is 0.00982. The van der Waals surface area contributed by atoms with Crippen molar-refractivity contribution in [2.75, 3.05) is 33.0 Å². The largest absolute Gasteiger partial charge is 0.734 e. The van der Waals surface area contributed by atoms with Crippen LogP contribution in [0.3, 0.4) is 0 Å². The molecule has 0 saturated carbocycles. The van der Waals surface area contributed by atoms with E-state index in [4.69, 9.17) is 30.4 Å². The Morgan fingerprint density at radius 2 is 0.958 bits per heavy atom. The summed E-state index contributed by atoms with van der Waals surface area (Å²) in [6.07, 6.45) is 0. The second kappa shape index (κ2) is 12.6. The van der Waals surface area contributed by atoms with Crippen molar-refractivity contribution in [2.24, 2.45) is 0 Å². The molecule has 24 heavy (non-hydrogen) atoms. The van der Waals surface area contributed by atoms with Crippen LogP contribution in [0.1, 0.15) is 34.6 Å². The number of rotatable bonds is 14. The fourth-order valence-corrected chi connectivity index (χ4v) is 14.1. The van der Waals surface area contributed by atoms with Crippen LogP contribution < -0.4 is 0 Å². The van der Waals surface area contributed by atoms with Crippen molar-refractivity contribution >= 4 is 34.4 Å². The van der Waals surface area contributed by atoms with Gasteiger partial charge in [0.25, 0.3) is 0 Å². The second-order valence-electron chi connectivity index (χ2n) is 4.51. The summed E-state index contributed by atoms with van der Waals surface area (Å²) < 4.78 is 39.6. The summed E-state index contributed by atoms with van der Waals surface area (Å²) >= 11 is 0. The van der Waals surface area contributed by atoms with E-state index < -0.39 is 34.4 Å². The molecule has 0 aromatic heterocycles. The maximum atomic E-state index is 10.4. The fourth-order valence-electron chi connectivity index (χ4n) is 1.73. The molecule has 0 amide bonds. The molecule has 0 aromatic rings. The number of hydrogen-bond acceptors (Lipinski definition) is 8. The van der Waals surface area contributed by atoms with Crippen molar-refractivity contribution in [3.8, 4) is 0 Å². The molecule has 0 fully saturated rings. The predicted octanol–water partition coefficient (Wildman–Crippen LogP) is 1.39. The van der Waals surface area contributed by atoms with Gasteiger partial charge in [0.15, 0.2) is 0 Å². The molecule has 0 aliphatic carbocycles. The van der Waals surface area contributed by atoms with Crippen molar-refractivity contribution in [1.82, 2.24) is 0 Å². The molecule has 8 nitrogen and oxygen atoms in total. The van der Waals surface area contributed by atoms with E-state index in [9.17, 15) is 4.80 Å². The molecule has 0 heterocycles. The van der Waals surface area contributed by atoms with Gasteiger partial charge in [0.2, 0.25) is 16.3 Å². The summed E-state index contributed by atoms with van der Waals surface area (Å²) in [5.74, 6) is 0. The van der Waals surface area contributed by atoms with Crippen molar-refractivity contribution in [1.29, 1.82) is 0 Å². The quantitative estimate of drug-likeness (QED) is 0.425. The van der Waals surface area contributed by atoms with Crippen LogP contribution in [0, 0.1) is 0 Å². The van der Waals surface area contributed by atoms with Gasteiger partial charge in [-0.15, -0.1) is 0 Å². The summed E-state index contributed by atoms with van der Waals surface area (Å²) in [5, 5.41) is 0. The first kappa shape index (κ1) is 24.2. The fraction of sp³-hybridized carbons (Fsp3) is 1.00. The summed E-state index contributed by atoms with van der Waals surface area (Å²) in [6, 6.07) is 0.